The second-order valence-corrected chi connectivity index (χ2v) is 6.57. The maximum absolute atomic E-state index is 12.9. The van der Waals surface area contributed by atoms with Crippen molar-refractivity contribution in [3.05, 3.63) is 59.4 Å². The zero-order valence-corrected chi connectivity index (χ0v) is 14.8. The summed E-state index contributed by atoms with van der Waals surface area (Å²) in [6.45, 7) is 7.69. The Hall–Kier alpha value is -2.95. The van der Waals surface area contributed by atoms with Gasteiger partial charge in [-0.1, -0.05) is 19.9 Å². The molecule has 1 aromatic heterocycles. The standard InChI is InChI=1S/C20H21N3O2/c1-12(2)19(24)22-16-7-5-6-15(10-16)20(25)23-11-21-17-8-13(3)14(4)9-18(17)23/h5-12H,1-4H3,(H,22,24). The third kappa shape index (κ3) is 3.31. The first kappa shape index (κ1) is 16.9. The van der Waals surface area contributed by atoms with E-state index in [1.54, 1.807) is 35.2 Å². The van der Waals surface area contributed by atoms with Crippen LogP contribution in [0, 0.1) is 19.8 Å². The summed E-state index contributed by atoms with van der Waals surface area (Å²) in [4.78, 5) is 29.1. The van der Waals surface area contributed by atoms with Crippen LogP contribution in [0.15, 0.2) is 42.7 Å². The van der Waals surface area contributed by atoms with Crippen molar-refractivity contribution in [2.75, 3.05) is 5.32 Å². The average molecular weight is 335 g/mol. The van der Waals surface area contributed by atoms with Crippen LogP contribution in [0.1, 0.15) is 35.3 Å². The van der Waals surface area contributed by atoms with Crippen molar-refractivity contribution in [3.8, 4) is 0 Å². The zero-order chi connectivity index (χ0) is 18.1. The molecule has 1 heterocycles. The molecule has 0 fully saturated rings. The Labute approximate surface area is 146 Å². The third-order valence-corrected chi connectivity index (χ3v) is 4.28. The zero-order valence-electron chi connectivity index (χ0n) is 14.8. The Balaban J connectivity index is 1.96. The van der Waals surface area contributed by atoms with E-state index >= 15 is 0 Å². The van der Waals surface area contributed by atoms with E-state index in [-0.39, 0.29) is 17.7 Å². The van der Waals surface area contributed by atoms with Gasteiger partial charge in [-0.2, -0.15) is 0 Å². The molecule has 0 aliphatic heterocycles. The monoisotopic (exact) mass is 335 g/mol. The number of aryl methyl sites for hydroxylation is 2. The van der Waals surface area contributed by atoms with E-state index in [0.29, 0.717) is 11.3 Å². The average Bonchev–Trinajstić information content (AvgIpc) is 2.97. The van der Waals surface area contributed by atoms with Crippen molar-refractivity contribution in [2.45, 2.75) is 27.7 Å². The number of carbonyl (C=O) groups is 2. The van der Waals surface area contributed by atoms with Gasteiger partial charge in [-0.05, 0) is 55.3 Å². The van der Waals surface area contributed by atoms with Gasteiger partial charge in [0, 0.05) is 17.2 Å². The first-order chi connectivity index (χ1) is 11.9. The van der Waals surface area contributed by atoms with Crippen LogP contribution in [0.3, 0.4) is 0 Å². The number of hydrogen-bond donors (Lipinski definition) is 1. The first-order valence-electron chi connectivity index (χ1n) is 8.26. The van der Waals surface area contributed by atoms with E-state index in [4.69, 9.17) is 0 Å². The lowest BCUT2D eigenvalue weighted by Gasteiger charge is -2.10. The van der Waals surface area contributed by atoms with Gasteiger partial charge in [0.2, 0.25) is 5.91 Å². The summed E-state index contributed by atoms with van der Waals surface area (Å²) in [5.74, 6) is -0.377. The van der Waals surface area contributed by atoms with Crippen LogP contribution in [0.2, 0.25) is 0 Å². The predicted octanol–water partition coefficient (Wildman–Crippen LogP) is 3.94. The molecule has 2 aromatic carbocycles. The number of aromatic nitrogens is 2. The smallest absolute Gasteiger partial charge is 0.263 e. The Morgan fingerprint density at radius 1 is 1.08 bits per heavy atom. The molecule has 0 aliphatic carbocycles. The first-order valence-corrected chi connectivity index (χ1v) is 8.26. The molecule has 5 heteroatoms. The fourth-order valence-corrected chi connectivity index (χ4v) is 2.58. The quantitative estimate of drug-likeness (QED) is 0.788. The van der Waals surface area contributed by atoms with Crippen LogP contribution in [-0.2, 0) is 4.79 Å². The molecule has 0 unspecified atom stereocenters. The topological polar surface area (TPSA) is 64.0 Å². The van der Waals surface area contributed by atoms with E-state index in [9.17, 15) is 9.59 Å². The molecule has 0 aliphatic rings. The molecule has 0 bridgehead atoms. The van der Waals surface area contributed by atoms with E-state index in [1.807, 2.05) is 39.8 Å². The fourth-order valence-electron chi connectivity index (χ4n) is 2.58. The van der Waals surface area contributed by atoms with Crippen molar-refractivity contribution in [3.63, 3.8) is 0 Å². The van der Waals surface area contributed by atoms with E-state index in [1.165, 1.54) is 0 Å². The molecule has 1 N–H and O–H groups in total. The molecule has 3 aromatic rings. The number of carbonyl (C=O) groups excluding carboxylic acids is 2. The Bertz CT molecular complexity index is 970. The van der Waals surface area contributed by atoms with E-state index in [2.05, 4.69) is 10.3 Å². The molecule has 128 valence electrons. The Kier molecular flexibility index (Phi) is 4.40. The Morgan fingerprint density at radius 2 is 1.80 bits per heavy atom. The molecule has 5 nitrogen and oxygen atoms in total. The summed E-state index contributed by atoms with van der Waals surface area (Å²) in [7, 11) is 0. The highest BCUT2D eigenvalue weighted by atomic mass is 16.2. The lowest BCUT2D eigenvalue weighted by molar-refractivity contribution is -0.118. The SMILES string of the molecule is Cc1cc2ncn(C(=O)c3cccc(NC(=O)C(C)C)c3)c2cc1C. The van der Waals surface area contributed by atoms with Gasteiger partial charge in [0.25, 0.3) is 5.91 Å². The third-order valence-electron chi connectivity index (χ3n) is 4.28. The minimum atomic E-state index is -0.175. The predicted molar refractivity (Wildman–Crippen MR) is 98.8 cm³/mol. The van der Waals surface area contributed by atoms with Crippen molar-refractivity contribution in [1.82, 2.24) is 9.55 Å². The molecule has 1 amide bonds. The second-order valence-electron chi connectivity index (χ2n) is 6.57. The molecule has 0 saturated heterocycles. The fraction of sp³-hybridized carbons (Fsp3) is 0.250. The molecular formula is C20H21N3O2. The van der Waals surface area contributed by atoms with E-state index in [0.717, 1.165) is 22.2 Å². The van der Waals surface area contributed by atoms with Crippen LogP contribution in [0.4, 0.5) is 5.69 Å². The molecule has 0 spiro atoms. The second kappa shape index (κ2) is 6.51. The number of imidazole rings is 1. The Morgan fingerprint density at radius 3 is 2.52 bits per heavy atom. The van der Waals surface area contributed by atoms with Gasteiger partial charge in [-0.25, -0.2) is 4.98 Å². The minimum Gasteiger partial charge on any atom is -0.326 e. The van der Waals surface area contributed by atoms with Crippen molar-refractivity contribution in [1.29, 1.82) is 0 Å². The van der Waals surface area contributed by atoms with Gasteiger partial charge in [0.1, 0.15) is 6.33 Å². The number of anilines is 1. The number of fused-ring (bicyclic) bond motifs is 1. The molecule has 0 saturated carbocycles. The van der Waals surface area contributed by atoms with Crippen LogP contribution >= 0.6 is 0 Å². The molecule has 3 rings (SSSR count). The lowest BCUT2D eigenvalue weighted by atomic mass is 10.1. The van der Waals surface area contributed by atoms with Crippen molar-refractivity contribution in [2.24, 2.45) is 5.92 Å². The van der Waals surface area contributed by atoms with Crippen LogP contribution < -0.4 is 5.32 Å². The molecule has 25 heavy (non-hydrogen) atoms. The number of rotatable bonds is 3. The van der Waals surface area contributed by atoms with Crippen LogP contribution in [0.25, 0.3) is 11.0 Å². The molecular weight excluding hydrogens is 314 g/mol. The number of hydrogen-bond acceptors (Lipinski definition) is 3. The minimum absolute atomic E-state index is 0.0798. The summed E-state index contributed by atoms with van der Waals surface area (Å²) in [6, 6.07) is 10.9. The number of nitrogens with one attached hydrogen (secondary N) is 1. The lowest BCUT2D eigenvalue weighted by Crippen LogP contribution is -2.18. The maximum atomic E-state index is 12.9. The van der Waals surface area contributed by atoms with Gasteiger partial charge in [-0.15, -0.1) is 0 Å². The van der Waals surface area contributed by atoms with E-state index < -0.39 is 0 Å². The largest absolute Gasteiger partial charge is 0.326 e. The number of amides is 1. The summed E-state index contributed by atoms with van der Waals surface area (Å²) in [6.07, 6.45) is 1.55. The summed E-state index contributed by atoms with van der Waals surface area (Å²) in [5, 5.41) is 2.82. The normalized spacial score (nSPS) is 11.1. The summed E-state index contributed by atoms with van der Waals surface area (Å²) < 4.78 is 1.55. The highest BCUT2D eigenvalue weighted by Gasteiger charge is 2.15. The molecule has 0 atom stereocenters. The van der Waals surface area contributed by atoms with Gasteiger partial charge in [0.15, 0.2) is 0 Å². The highest BCUT2D eigenvalue weighted by molar-refractivity contribution is 6.02. The van der Waals surface area contributed by atoms with Gasteiger partial charge >= 0.3 is 0 Å². The van der Waals surface area contributed by atoms with Gasteiger partial charge in [0.05, 0.1) is 11.0 Å². The van der Waals surface area contributed by atoms with Gasteiger partial charge < -0.3 is 5.32 Å². The number of benzene rings is 2. The number of nitrogens with zero attached hydrogens (tertiary/aromatic N) is 2. The maximum Gasteiger partial charge on any atom is 0.263 e. The highest BCUT2D eigenvalue weighted by Crippen LogP contribution is 2.20. The van der Waals surface area contributed by atoms with Crippen molar-refractivity contribution >= 4 is 28.5 Å². The summed E-state index contributed by atoms with van der Waals surface area (Å²) in [5.41, 5.74) is 4.94. The van der Waals surface area contributed by atoms with Gasteiger partial charge in [-0.3, -0.25) is 14.2 Å². The van der Waals surface area contributed by atoms with Crippen LogP contribution in [0.5, 0.6) is 0 Å². The van der Waals surface area contributed by atoms with Crippen LogP contribution in [-0.4, -0.2) is 21.4 Å². The van der Waals surface area contributed by atoms with Crippen molar-refractivity contribution < 1.29 is 9.59 Å². The molecule has 0 radical (unpaired) electrons. The summed E-state index contributed by atoms with van der Waals surface area (Å²) >= 11 is 0.